The number of nitrogens with zero attached hydrogens (tertiary/aromatic N) is 1. The zero-order valence-electron chi connectivity index (χ0n) is 11.6. The molecule has 1 heterocycles. The van der Waals surface area contributed by atoms with E-state index in [4.69, 9.17) is 5.21 Å². The van der Waals surface area contributed by atoms with Gasteiger partial charge in [0.15, 0.2) is 5.71 Å². The topological polar surface area (TPSA) is 66.1 Å². The molecule has 1 saturated heterocycles. The molecule has 0 bridgehead atoms. The van der Waals surface area contributed by atoms with E-state index in [9.17, 15) is 4.79 Å². The molecule has 0 aliphatic carbocycles. The van der Waals surface area contributed by atoms with Crippen molar-refractivity contribution in [3.05, 3.63) is 35.9 Å². The third-order valence-electron chi connectivity index (χ3n) is 3.69. The van der Waals surface area contributed by atoms with Crippen LogP contribution in [0.4, 0.5) is 0 Å². The second-order valence-corrected chi connectivity index (χ2v) is 5.13. The van der Waals surface area contributed by atoms with Crippen LogP contribution in [0.25, 0.3) is 0 Å². The maximum absolute atomic E-state index is 12.0. The Morgan fingerprint density at radius 3 is 2.55 bits per heavy atom. The highest BCUT2D eigenvalue weighted by atomic mass is 16.4. The largest absolute Gasteiger partial charge is 0.410 e. The summed E-state index contributed by atoms with van der Waals surface area (Å²) in [6.45, 7) is 3.92. The van der Waals surface area contributed by atoms with Gasteiger partial charge in [-0.25, -0.2) is 0 Å². The quantitative estimate of drug-likeness (QED) is 0.404. The van der Waals surface area contributed by atoms with Gasteiger partial charge in [0.25, 0.3) is 5.91 Å². The second kappa shape index (κ2) is 7.65. The molecule has 2 rings (SSSR count). The summed E-state index contributed by atoms with van der Waals surface area (Å²) in [6.07, 6.45) is 3.87. The summed E-state index contributed by atoms with van der Waals surface area (Å²) in [7, 11) is 0. The zero-order valence-corrected chi connectivity index (χ0v) is 11.6. The Hall–Kier alpha value is -1.88. The molecule has 0 aromatic heterocycles. The minimum Gasteiger partial charge on any atom is -0.410 e. The van der Waals surface area contributed by atoms with Gasteiger partial charge in [0, 0.05) is 5.56 Å². The molecule has 5 nitrogen and oxygen atoms in total. The van der Waals surface area contributed by atoms with Crippen molar-refractivity contribution in [3.63, 3.8) is 0 Å². The van der Waals surface area contributed by atoms with Gasteiger partial charge in [-0.1, -0.05) is 35.5 Å². The Morgan fingerprint density at radius 1 is 1.20 bits per heavy atom. The molecular formula is C15H22N3O2+. The van der Waals surface area contributed by atoms with Gasteiger partial charge in [-0.05, 0) is 19.3 Å². The molecule has 0 radical (unpaired) electrons. The van der Waals surface area contributed by atoms with E-state index in [0.29, 0.717) is 12.1 Å². The Kier molecular flexibility index (Phi) is 5.55. The summed E-state index contributed by atoms with van der Waals surface area (Å²) >= 11 is 0. The molecule has 0 unspecified atom stereocenters. The summed E-state index contributed by atoms with van der Waals surface area (Å²) in [5.41, 5.74) is 0.692. The molecule has 1 aliphatic heterocycles. The molecule has 1 aromatic rings. The van der Waals surface area contributed by atoms with Crippen LogP contribution in [0, 0.1) is 0 Å². The standard InChI is InChI=1S/C15H21N3O2/c19-15(14(17-20)13-7-3-1-4-8-13)16-9-12-18-10-5-2-6-11-18/h1,3-4,7-8,20H,2,5-6,9-12H2,(H,16,19)/p+1/b17-14-. The lowest BCUT2D eigenvalue weighted by Gasteiger charge is -2.23. The smallest absolute Gasteiger partial charge is 0.274 e. The number of amides is 1. The predicted octanol–water partition coefficient (Wildman–Crippen LogP) is 0.0499. The van der Waals surface area contributed by atoms with E-state index in [-0.39, 0.29) is 11.6 Å². The van der Waals surface area contributed by atoms with Crippen LogP contribution in [-0.4, -0.2) is 43.0 Å². The second-order valence-electron chi connectivity index (χ2n) is 5.13. The van der Waals surface area contributed by atoms with Gasteiger partial charge in [-0.3, -0.25) is 4.79 Å². The number of rotatable bonds is 5. The molecule has 1 aliphatic rings. The Labute approximate surface area is 119 Å². The molecular weight excluding hydrogens is 254 g/mol. The first-order chi connectivity index (χ1) is 9.81. The summed E-state index contributed by atoms with van der Waals surface area (Å²) in [5.74, 6) is -0.324. The lowest BCUT2D eigenvalue weighted by molar-refractivity contribution is -0.903. The van der Waals surface area contributed by atoms with Crippen molar-refractivity contribution in [1.82, 2.24) is 5.32 Å². The maximum atomic E-state index is 12.0. The van der Waals surface area contributed by atoms with Gasteiger partial charge < -0.3 is 15.4 Å². The number of quaternary nitrogens is 1. The van der Waals surface area contributed by atoms with E-state index in [1.807, 2.05) is 18.2 Å². The first-order valence-corrected chi connectivity index (χ1v) is 7.20. The number of hydrogen-bond acceptors (Lipinski definition) is 3. The van der Waals surface area contributed by atoms with Crippen molar-refractivity contribution in [2.24, 2.45) is 5.16 Å². The molecule has 1 aromatic carbocycles. The first kappa shape index (κ1) is 14.5. The van der Waals surface area contributed by atoms with Crippen molar-refractivity contribution < 1.29 is 14.9 Å². The van der Waals surface area contributed by atoms with Crippen LogP contribution in [-0.2, 0) is 4.79 Å². The van der Waals surface area contributed by atoms with Crippen molar-refractivity contribution in [2.75, 3.05) is 26.2 Å². The molecule has 1 fully saturated rings. The number of hydrogen-bond donors (Lipinski definition) is 3. The number of piperidine rings is 1. The SMILES string of the molecule is O=C(NCC[NH+]1CCCCC1)/C(=N\O)c1ccccc1. The van der Waals surface area contributed by atoms with Gasteiger partial charge >= 0.3 is 0 Å². The Balaban J connectivity index is 1.81. The summed E-state index contributed by atoms with van der Waals surface area (Å²) in [6, 6.07) is 8.99. The Morgan fingerprint density at radius 2 is 1.90 bits per heavy atom. The lowest BCUT2D eigenvalue weighted by atomic mass is 10.1. The van der Waals surface area contributed by atoms with Crippen LogP contribution in [0.15, 0.2) is 35.5 Å². The van der Waals surface area contributed by atoms with Crippen LogP contribution in [0.2, 0.25) is 0 Å². The molecule has 108 valence electrons. The molecule has 5 heteroatoms. The minimum absolute atomic E-state index is 0.0687. The van der Waals surface area contributed by atoms with E-state index in [0.717, 1.165) is 6.54 Å². The Bertz CT molecular complexity index is 453. The molecule has 0 spiro atoms. The van der Waals surface area contributed by atoms with Crippen molar-refractivity contribution in [2.45, 2.75) is 19.3 Å². The van der Waals surface area contributed by atoms with Crippen LogP contribution in [0.3, 0.4) is 0 Å². The third-order valence-corrected chi connectivity index (χ3v) is 3.69. The third kappa shape index (κ3) is 4.06. The normalized spacial score (nSPS) is 16.9. The number of carbonyl (C=O) groups excluding carboxylic acids is 1. The zero-order chi connectivity index (χ0) is 14.2. The summed E-state index contributed by atoms with van der Waals surface area (Å²) in [5, 5.41) is 15.0. The van der Waals surface area contributed by atoms with Gasteiger partial charge in [-0.2, -0.15) is 0 Å². The number of oxime groups is 1. The van der Waals surface area contributed by atoms with E-state index >= 15 is 0 Å². The average Bonchev–Trinajstić information content (AvgIpc) is 2.50. The van der Waals surface area contributed by atoms with Crippen LogP contribution >= 0.6 is 0 Å². The van der Waals surface area contributed by atoms with E-state index in [2.05, 4.69) is 10.5 Å². The first-order valence-electron chi connectivity index (χ1n) is 7.20. The predicted molar refractivity (Wildman–Crippen MR) is 77.2 cm³/mol. The van der Waals surface area contributed by atoms with Crippen LogP contribution in [0.1, 0.15) is 24.8 Å². The highest BCUT2D eigenvalue weighted by Crippen LogP contribution is 2.01. The van der Waals surface area contributed by atoms with Crippen molar-refractivity contribution in [1.29, 1.82) is 0 Å². The van der Waals surface area contributed by atoms with Gasteiger partial charge in [0.2, 0.25) is 0 Å². The van der Waals surface area contributed by atoms with Gasteiger partial charge in [0.05, 0.1) is 26.2 Å². The minimum atomic E-state index is -0.324. The van der Waals surface area contributed by atoms with Gasteiger partial charge in [0.1, 0.15) is 0 Å². The fraction of sp³-hybridized carbons (Fsp3) is 0.467. The van der Waals surface area contributed by atoms with Crippen LogP contribution < -0.4 is 10.2 Å². The molecule has 0 saturated carbocycles. The monoisotopic (exact) mass is 276 g/mol. The fourth-order valence-electron chi connectivity index (χ4n) is 2.57. The number of benzene rings is 1. The van der Waals surface area contributed by atoms with E-state index in [1.165, 1.54) is 32.4 Å². The molecule has 0 atom stereocenters. The molecule has 20 heavy (non-hydrogen) atoms. The highest BCUT2D eigenvalue weighted by Gasteiger charge is 2.16. The van der Waals surface area contributed by atoms with Crippen molar-refractivity contribution in [3.8, 4) is 0 Å². The van der Waals surface area contributed by atoms with Crippen LogP contribution in [0.5, 0.6) is 0 Å². The van der Waals surface area contributed by atoms with E-state index in [1.54, 1.807) is 17.0 Å². The molecule has 1 amide bonds. The van der Waals surface area contributed by atoms with Crippen molar-refractivity contribution >= 4 is 11.6 Å². The number of nitrogens with one attached hydrogen (secondary N) is 2. The number of carbonyl (C=O) groups is 1. The average molecular weight is 276 g/mol. The fourth-order valence-corrected chi connectivity index (χ4v) is 2.57. The van der Waals surface area contributed by atoms with Gasteiger partial charge in [-0.15, -0.1) is 0 Å². The highest BCUT2D eigenvalue weighted by molar-refractivity contribution is 6.45. The molecule has 3 N–H and O–H groups in total. The maximum Gasteiger partial charge on any atom is 0.274 e. The summed E-state index contributed by atoms with van der Waals surface area (Å²) in [4.78, 5) is 13.5. The summed E-state index contributed by atoms with van der Waals surface area (Å²) < 4.78 is 0. The lowest BCUT2D eigenvalue weighted by Crippen LogP contribution is -3.13. The number of likely N-dealkylation sites (tertiary alicyclic amines) is 1. The van der Waals surface area contributed by atoms with E-state index < -0.39 is 0 Å².